The quantitative estimate of drug-likeness (QED) is 0.353. The number of carbonyl (C=O) groups is 1. The Bertz CT molecular complexity index is 232. The van der Waals surface area contributed by atoms with Gasteiger partial charge in [0.15, 0.2) is 6.10 Å². The molecule has 0 bridgehead atoms. The Kier molecular flexibility index (Phi) is 3.39. The third-order valence-electron chi connectivity index (χ3n) is 0.705. The lowest BCUT2D eigenvalue weighted by Gasteiger charge is -2.04. The van der Waals surface area contributed by atoms with Crippen molar-refractivity contribution in [3.05, 3.63) is 0 Å². The van der Waals surface area contributed by atoms with Gasteiger partial charge in [0.2, 0.25) is 0 Å². The highest BCUT2D eigenvalue weighted by atomic mass is 32.2. The van der Waals surface area contributed by atoms with Gasteiger partial charge in [-0.2, -0.15) is 8.42 Å². The molecule has 0 spiro atoms. The number of aliphatic hydroxyl groups excluding tert-OH is 2. The largest absolute Gasteiger partial charge is 0.393 e. The Labute approximate surface area is 62.5 Å². The molecule has 0 saturated carbocycles. The van der Waals surface area contributed by atoms with Gasteiger partial charge in [-0.3, -0.25) is 9.35 Å². The van der Waals surface area contributed by atoms with Crippen LogP contribution in [0.2, 0.25) is 0 Å². The summed E-state index contributed by atoms with van der Waals surface area (Å²) in [6.07, 6.45) is -1.85. The lowest BCUT2D eigenvalue weighted by atomic mass is 10.4. The second-order valence-electron chi connectivity index (χ2n) is 1.64. The van der Waals surface area contributed by atoms with Gasteiger partial charge in [-0.15, -0.1) is 0 Å². The van der Waals surface area contributed by atoms with Crippen LogP contribution in [0.3, 0.4) is 0 Å². The molecule has 0 aromatic heterocycles. The van der Waals surface area contributed by atoms with E-state index in [-0.39, 0.29) is 0 Å². The Balaban J connectivity index is 4.10. The summed E-state index contributed by atoms with van der Waals surface area (Å²) in [5.41, 5.74) is 0. The van der Waals surface area contributed by atoms with Gasteiger partial charge in [0.25, 0.3) is 5.91 Å². The number of hydrogen-bond acceptors (Lipinski definition) is 5. The first kappa shape index (κ1) is 10.3. The molecule has 0 saturated heterocycles. The first-order valence-electron chi connectivity index (χ1n) is 2.45. The Hall–Kier alpha value is -0.700. The Morgan fingerprint density at radius 3 is 2.27 bits per heavy atom. The molecule has 0 fully saturated rings. The van der Waals surface area contributed by atoms with Crippen LogP contribution in [-0.4, -0.2) is 41.8 Å². The van der Waals surface area contributed by atoms with E-state index in [0.717, 1.165) is 4.72 Å². The number of rotatable bonds is 3. The average Bonchev–Trinajstić information content (AvgIpc) is 1.82. The maximum Gasteiger partial charge on any atom is 0.359 e. The van der Waals surface area contributed by atoms with Crippen molar-refractivity contribution >= 4 is 16.2 Å². The van der Waals surface area contributed by atoms with Gasteiger partial charge in [0.1, 0.15) is 0 Å². The van der Waals surface area contributed by atoms with E-state index in [2.05, 4.69) is 0 Å². The summed E-state index contributed by atoms with van der Waals surface area (Å²) in [5.74, 6) is -1.38. The van der Waals surface area contributed by atoms with Crippen LogP contribution in [0, 0.1) is 0 Å². The van der Waals surface area contributed by atoms with Gasteiger partial charge in [-0.05, 0) is 0 Å². The third-order valence-corrected chi connectivity index (χ3v) is 1.16. The highest BCUT2D eigenvalue weighted by Crippen LogP contribution is 1.82. The highest BCUT2D eigenvalue weighted by Gasteiger charge is 2.17. The lowest BCUT2D eigenvalue weighted by molar-refractivity contribution is -0.129. The predicted octanol–water partition coefficient (Wildman–Crippen LogP) is -2.74. The Morgan fingerprint density at radius 1 is 1.55 bits per heavy atom. The van der Waals surface area contributed by atoms with E-state index in [0.29, 0.717) is 0 Å². The SMILES string of the molecule is O=C(NS(=O)(=O)O)C(O)CO. The van der Waals surface area contributed by atoms with Gasteiger partial charge >= 0.3 is 10.3 Å². The van der Waals surface area contributed by atoms with Crippen LogP contribution in [0.15, 0.2) is 0 Å². The number of aliphatic hydroxyl groups is 2. The minimum absolute atomic E-state index is 0.915. The summed E-state index contributed by atoms with van der Waals surface area (Å²) < 4.78 is 28.8. The first-order valence-corrected chi connectivity index (χ1v) is 3.89. The minimum atomic E-state index is -4.65. The normalized spacial score (nSPS) is 14.1. The van der Waals surface area contributed by atoms with Crippen molar-refractivity contribution in [1.82, 2.24) is 4.72 Å². The molecule has 11 heavy (non-hydrogen) atoms. The number of amides is 1. The molecule has 0 aliphatic rings. The van der Waals surface area contributed by atoms with Crippen molar-refractivity contribution in [2.24, 2.45) is 0 Å². The van der Waals surface area contributed by atoms with Crippen LogP contribution < -0.4 is 4.72 Å². The van der Waals surface area contributed by atoms with Crippen LogP contribution in [-0.2, 0) is 15.1 Å². The van der Waals surface area contributed by atoms with Gasteiger partial charge in [-0.1, -0.05) is 0 Å². The van der Waals surface area contributed by atoms with E-state index < -0.39 is 28.9 Å². The maximum atomic E-state index is 10.3. The molecule has 0 heterocycles. The van der Waals surface area contributed by atoms with Gasteiger partial charge in [0.05, 0.1) is 6.61 Å². The number of hydrogen-bond donors (Lipinski definition) is 4. The summed E-state index contributed by atoms with van der Waals surface area (Å²) in [7, 11) is -4.65. The van der Waals surface area contributed by atoms with E-state index >= 15 is 0 Å². The molecule has 7 nitrogen and oxygen atoms in total. The van der Waals surface area contributed by atoms with Crippen molar-refractivity contribution in [3.8, 4) is 0 Å². The topological polar surface area (TPSA) is 124 Å². The number of nitrogens with one attached hydrogen (secondary N) is 1. The van der Waals surface area contributed by atoms with E-state index in [1.807, 2.05) is 0 Å². The molecular weight excluding hydrogens is 178 g/mol. The van der Waals surface area contributed by atoms with Crippen molar-refractivity contribution in [2.45, 2.75) is 6.10 Å². The molecule has 0 radical (unpaired) electrons. The third kappa shape index (κ3) is 4.67. The fourth-order valence-electron chi connectivity index (χ4n) is 0.278. The maximum absolute atomic E-state index is 10.3. The fraction of sp³-hybridized carbons (Fsp3) is 0.667. The molecule has 66 valence electrons. The summed E-state index contributed by atoms with van der Waals surface area (Å²) in [5, 5.41) is 16.6. The second-order valence-corrected chi connectivity index (χ2v) is 2.79. The molecule has 1 unspecified atom stereocenters. The standard InChI is InChI=1S/C3H7NO6S/c5-1-2(6)3(7)4-11(8,9)10/h2,5-6H,1H2,(H,4,7)(H,8,9,10). The van der Waals surface area contributed by atoms with E-state index in [4.69, 9.17) is 14.8 Å². The van der Waals surface area contributed by atoms with E-state index in [9.17, 15) is 13.2 Å². The van der Waals surface area contributed by atoms with Crippen LogP contribution in [0.4, 0.5) is 0 Å². The number of carbonyl (C=O) groups excluding carboxylic acids is 1. The molecular formula is C3H7NO6S. The second kappa shape index (κ2) is 3.62. The van der Waals surface area contributed by atoms with Crippen molar-refractivity contribution in [2.75, 3.05) is 6.61 Å². The molecule has 1 amide bonds. The van der Waals surface area contributed by atoms with E-state index in [1.165, 1.54) is 0 Å². The van der Waals surface area contributed by atoms with Crippen LogP contribution in [0.5, 0.6) is 0 Å². The molecule has 0 aromatic rings. The molecule has 4 N–H and O–H groups in total. The predicted molar refractivity (Wildman–Crippen MR) is 32.8 cm³/mol. The summed E-state index contributed by atoms with van der Waals surface area (Å²) in [4.78, 5) is 10.3. The Morgan fingerprint density at radius 2 is 2.00 bits per heavy atom. The van der Waals surface area contributed by atoms with Crippen molar-refractivity contribution in [1.29, 1.82) is 0 Å². The fourth-order valence-corrected chi connectivity index (χ4v) is 0.668. The zero-order valence-corrected chi connectivity index (χ0v) is 6.08. The van der Waals surface area contributed by atoms with Crippen molar-refractivity contribution in [3.63, 3.8) is 0 Å². The lowest BCUT2D eigenvalue weighted by Crippen LogP contribution is -2.39. The zero-order valence-electron chi connectivity index (χ0n) is 5.26. The first-order chi connectivity index (χ1) is 4.87. The zero-order chi connectivity index (χ0) is 9.07. The smallest absolute Gasteiger partial charge is 0.359 e. The minimum Gasteiger partial charge on any atom is -0.393 e. The van der Waals surface area contributed by atoms with Crippen LogP contribution in [0.25, 0.3) is 0 Å². The van der Waals surface area contributed by atoms with Crippen LogP contribution in [0.1, 0.15) is 0 Å². The molecule has 8 heteroatoms. The van der Waals surface area contributed by atoms with Crippen molar-refractivity contribution < 1.29 is 28.0 Å². The van der Waals surface area contributed by atoms with Gasteiger partial charge in [-0.25, -0.2) is 4.72 Å². The highest BCUT2D eigenvalue weighted by molar-refractivity contribution is 7.84. The summed E-state index contributed by atoms with van der Waals surface area (Å²) in [6, 6.07) is 0. The van der Waals surface area contributed by atoms with Gasteiger partial charge < -0.3 is 10.2 Å². The molecule has 0 aliphatic heterocycles. The monoisotopic (exact) mass is 185 g/mol. The average molecular weight is 185 g/mol. The summed E-state index contributed by atoms with van der Waals surface area (Å²) in [6.45, 7) is -0.915. The molecule has 0 aromatic carbocycles. The van der Waals surface area contributed by atoms with Crippen LogP contribution >= 0.6 is 0 Å². The van der Waals surface area contributed by atoms with E-state index in [1.54, 1.807) is 0 Å². The molecule has 0 rings (SSSR count). The molecule has 1 atom stereocenters. The van der Waals surface area contributed by atoms with Gasteiger partial charge in [0, 0.05) is 0 Å². The summed E-state index contributed by atoms with van der Waals surface area (Å²) >= 11 is 0. The molecule has 0 aliphatic carbocycles.